The number of carbonyl (C=O) groups excluding carboxylic acids is 1. The van der Waals surface area contributed by atoms with Crippen LogP contribution in [0.15, 0.2) is 0 Å². The van der Waals surface area contributed by atoms with Crippen LogP contribution in [-0.2, 0) is 4.79 Å². The Morgan fingerprint density at radius 1 is 1.04 bits per heavy atom. The molecule has 0 aliphatic heterocycles. The van der Waals surface area contributed by atoms with Crippen LogP contribution in [0.2, 0.25) is 0 Å². The van der Waals surface area contributed by atoms with Crippen molar-refractivity contribution in [2.45, 2.75) is 76.7 Å². The molecule has 0 amide bonds. The lowest BCUT2D eigenvalue weighted by molar-refractivity contribution is -0.228. The molecule has 0 spiro atoms. The summed E-state index contributed by atoms with van der Waals surface area (Å²) in [5, 5.41) is 10.4. The number of fused-ring (bicyclic) bond motifs is 5. The summed E-state index contributed by atoms with van der Waals surface area (Å²) in [6.45, 7) is 3.44. The molecule has 0 aromatic heterocycles. The summed E-state index contributed by atoms with van der Waals surface area (Å²) in [7, 11) is 0. The molecule has 0 aromatic carbocycles. The van der Waals surface area contributed by atoms with Crippen molar-refractivity contribution in [3.63, 3.8) is 0 Å². The minimum atomic E-state index is -2.81. The Balaban J connectivity index is 1.64. The van der Waals surface area contributed by atoms with Crippen LogP contribution in [0, 0.1) is 40.9 Å². The van der Waals surface area contributed by atoms with Gasteiger partial charge in [-0.15, -0.1) is 0 Å². The van der Waals surface area contributed by atoms with E-state index in [1.165, 1.54) is 0 Å². The second kappa shape index (κ2) is 5.97. The third-order valence-electron chi connectivity index (χ3n) is 8.94. The van der Waals surface area contributed by atoms with E-state index in [0.29, 0.717) is 24.2 Å². The van der Waals surface area contributed by atoms with Crippen molar-refractivity contribution in [3.8, 4) is 0 Å². The van der Waals surface area contributed by atoms with Crippen molar-refractivity contribution >= 4 is 5.78 Å². The first kappa shape index (κ1) is 18.8. The topological polar surface area (TPSA) is 63.3 Å². The van der Waals surface area contributed by atoms with Gasteiger partial charge < -0.3 is 10.8 Å². The highest BCUT2D eigenvalue weighted by Gasteiger charge is 2.69. The molecule has 0 heterocycles. The van der Waals surface area contributed by atoms with Crippen LogP contribution < -0.4 is 5.73 Å². The highest BCUT2D eigenvalue weighted by molar-refractivity contribution is 5.84. The normalized spacial score (nSPS) is 52.7. The summed E-state index contributed by atoms with van der Waals surface area (Å²) in [5.41, 5.74) is 3.69. The van der Waals surface area contributed by atoms with Gasteiger partial charge in [0.25, 0.3) is 5.92 Å². The van der Waals surface area contributed by atoms with Crippen LogP contribution in [-0.4, -0.2) is 29.0 Å². The number of hydrogen-bond acceptors (Lipinski definition) is 3. The monoisotopic (exact) mass is 369 g/mol. The van der Waals surface area contributed by atoms with Crippen LogP contribution in [0.3, 0.4) is 0 Å². The van der Waals surface area contributed by atoms with E-state index in [1.807, 2.05) is 6.92 Å². The highest BCUT2D eigenvalue weighted by atomic mass is 19.3. The van der Waals surface area contributed by atoms with E-state index >= 15 is 8.78 Å². The van der Waals surface area contributed by atoms with Gasteiger partial charge in [0.2, 0.25) is 0 Å². The largest absolute Gasteiger partial charge is 0.390 e. The number of carbonyl (C=O) groups is 1. The third-order valence-corrected chi connectivity index (χ3v) is 8.94. The molecule has 4 aliphatic rings. The van der Waals surface area contributed by atoms with Crippen molar-refractivity contribution < 1.29 is 18.7 Å². The predicted octanol–water partition coefficient (Wildman–Crippen LogP) is 3.78. The molecule has 5 heteroatoms. The van der Waals surface area contributed by atoms with E-state index in [4.69, 9.17) is 5.73 Å². The number of alkyl halides is 2. The van der Waals surface area contributed by atoms with Gasteiger partial charge >= 0.3 is 0 Å². The van der Waals surface area contributed by atoms with Gasteiger partial charge in [-0.3, -0.25) is 4.79 Å². The average Bonchev–Trinajstić information content (AvgIpc) is 2.92. The molecule has 8 atom stereocenters. The maximum absolute atomic E-state index is 15.5. The number of rotatable bonds is 2. The molecule has 0 bridgehead atoms. The summed E-state index contributed by atoms with van der Waals surface area (Å²) in [6.07, 6.45) is 5.57. The molecule has 3 N–H and O–H groups in total. The molecule has 0 saturated heterocycles. The van der Waals surface area contributed by atoms with Crippen LogP contribution >= 0.6 is 0 Å². The van der Waals surface area contributed by atoms with E-state index in [1.54, 1.807) is 6.92 Å². The first-order chi connectivity index (χ1) is 12.1. The van der Waals surface area contributed by atoms with Gasteiger partial charge in [0.15, 0.2) is 0 Å². The minimum Gasteiger partial charge on any atom is -0.390 e. The Hall–Kier alpha value is -0.550. The predicted molar refractivity (Wildman–Crippen MR) is 95.6 cm³/mol. The standard InChI is InChI=1S/C21H33F2NO2/c1-19(26)8-7-13-12(9-19)3-4-14-15(13)10-21(22,23)20(2)16(14)5-6-17(20)18(25)11-24/h12-17,26H,3-11,24H2,1-2H3/t12-,13+,14-,15-,16+,17-,19-,20+/m1/s1. The molecule has 0 radical (unpaired) electrons. The minimum absolute atomic E-state index is 0.0460. The molecule has 4 rings (SSSR count). The maximum atomic E-state index is 15.5. The smallest absolute Gasteiger partial charge is 0.254 e. The average molecular weight is 369 g/mol. The van der Waals surface area contributed by atoms with Gasteiger partial charge in [0.1, 0.15) is 5.78 Å². The Bertz CT molecular complexity index is 593. The molecular weight excluding hydrogens is 336 g/mol. The van der Waals surface area contributed by atoms with Gasteiger partial charge in [0.05, 0.1) is 12.1 Å². The van der Waals surface area contributed by atoms with Crippen LogP contribution in [0.5, 0.6) is 0 Å². The molecular formula is C21H33F2NO2. The number of nitrogens with two attached hydrogens (primary N) is 1. The fraction of sp³-hybridized carbons (Fsp3) is 0.952. The summed E-state index contributed by atoms with van der Waals surface area (Å²) in [5.74, 6) is -2.61. The first-order valence-electron chi connectivity index (χ1n) is 10.4. The molecule has 0 aromatic rings. The van der Waals surface area contributed by atoms with E-state index in [-0.39, 0.29) is 30.6 Å². The fourth-order valence-electron chi connectivity index (χ4n) is 7.69. The quantitative estimate of drug-likeness (QED) is 0.779. The molecule has 26 heavy (non-hydrogen) atoms. The highest BCUT2D eigenvalue weighted by Crippen LogP contribution is 2.69. The van der Waals surface area contributed by atoms with E-state index in [2.05, 4.69) is 0 Å². The first-order valence-corrected chi connectivity index (χ1v) is 10.4. The molecule has 148 valence electrons. The SMILES string of the molecule is C[C@@]1(O)CC[C@H]2[C@H](CC[C@@H]3[C@@H]2CC(F)(F)[C@]2(C)[C@@H](C(=O)CN)CC[C@@H]32)C1. The number of hydrogen-bond donors (Lipinski definition) is 2. The Kier molecular flexibility index (Phi) is 4.32. The van der Waals surface area contributed by atoms with E-state index in [0.717, 1.165) is 38.5 Å². The van der Waals surface area contributed by atoms with Gasteiger partial charge in [0, 0.05) is 17.8 Å². The lowest BCUT2D eigenvalue weighted by atomic mass is 9.47. The number of ketones is 1. The molecule has 0 unspecified atom stereocenters. The number of halogens is 2. The van der Waals surface area contributed by atoms with Gasteiger partial charge in [-0.25, -0.2) is 8.78 Å². The second-order valence-corrected chi connectivity index (χ2v) is 10.2. The summed E-state index contributed by atoms with van der Waals surface area (Å²) < 4.78 is 31.1. The Morgan fingerprint density at radius 2 is 1.77 bits per heavy atom. The lowest BCUT2D eigenvalue weighted by Gasteiger charge is -2.59. The summed E-state index contributed by atoms with van der Waals surface area (Å²) >= 11 is 0. The molecule has 4 fully saturated rings. The summed E-state index contributed by atoms with van der Waals surface area (Å²) in [6, 6.07) is 0. The second-order valence-electron chi connectivity index (χ2n) is 10.2. The zero-order chi connectivity index (χ0) is 18.9. The Labute approximate surface area is 155 Å². The van der Waals surface area contributed by atoms with Crippen LogP contribution in [0.1, 0.15) is 65.2 Å². The maximum Gasteiger partial charge on any atom is 0.254 e. The third kappa shape index (κ3) is 2.52. The van der Waals surface area contributed by atoms with Crippen molar-refractivity contribution in [1.29, 1.82) is 0 Å². The number of aliphatic hydroxyl groups is 1. The zero-order valence-corrected chi connectivity index (χ0v) is 16.0. The van der Waals surface area contributed by atoms with Crippen LogP contribution in [0.4, 0.5) is 8.78 Å². The van der Waals surface area contributed by atoms with Crippen molar-refractivity contribution in [2.24, 2.45) is 46.7 Å². The molecule has 4 saturated carbocycles. The van der Waals surface area contributed by atoms with Crippen molar-refractivity contribution in [2.75, 3.05) is 6.54 Å². The zero-order valence-electron chi connectivity index (χ0n) is 16.0. The molecule has 3 nitrogen and oxygen atoms in total. The fourth-order valence-corrected chi connectivity index (χ4v) is 7.69. The van der Waals surface area contributed by atoms with Gasteiger partial charge in [-0.05, 0) is 81.5 Å². The van der Waals surface area contributed by atoms with Gasteiger partial charge in [-0.1, -0.05) is 6.92 Å². The Morgan fingerprint density at radius 3 is 2.46 bits per heavy atom. The molecule has 4 aliphatic carbocycles. The summed E-state index contributed by atoms with van der Waals surface area (Å²) in [4.78, 5) is 12.3. The van der Waals surface area contributed by atoms with E-state index < -0.39 is 22.9 Å². The van der Waals surface area contributed by atoms with Crippen LogP contribution in [0.25, 0.3) is 0 Å². The lowest BCUT2D eigenvalue weighted by Crippen LogP contribution is -2.59. The van der Waals surface area contributed by atoms with E-state index in [9.17, 15) is 9.90 Å². The van der Waals surface area contributed by atoms with Crippen molar-refractivity contribution in [3.05, 3.63) is 0 Å². The van der Waals surface area contributed by atoms with Gasteiger partial charge in [-0.2, -0.15) is 0 Å². The van der Waals surface area contributed by atoms with Crippen molar-refractivity contribution in [1.82, 2.24) is 0 Å². The number of Topliss-reactive ketones (excluding diaryl/α,β-unsaturated/α-hetero) is 1.